The quantitative estimate of drug-likeness (QED) is 0.648. The SMILES string of the molecule is Cc1ccccc1C(NN)c1ccncc1Cl. The normalized spacial score (nSPS) is 12.4. The Bertz CT molecular complexity index is 468. The van der Waals surface area contributed by atoms with Gasteiger partial charge in [-0.3, -0.25) is 10.8 Å². The minimum Gasteiger partial charge on any atom is -0.271 e. The highest BCUT2D eigenvalue weighted by Crippen LogP contribution is 2.28. The maximum absolute atomic E-state index is 6.14. The summed E-state index contributed by atoms with van der Waals surface area (Å²) < 4.78 is 0. The third kappa shape index (κ3) is 2.47. The molecule has 88 valence electrons. The van der Waals surface area contributed by atoms with Crippen molar-refractivity contribution in [2.75, 3.05) is 0 Å². The fourth-order valence-electron chi connectivity index (χ4n) is 1.88. The van der Waals surface area contributed by atoms with Crippen LogP contribution in [0.2, 0.25) is 5.02 Å². The summed E-state index contributed by atoms with van der Waals surface area (Å²) in [5.74, 6) is 5.65. The van der Waals surface area contributed by atoms with Gasteiger partial charge in [0, 0.05) is 12.4 Å². The Balaban J connectivity index is 2.48. The molecule has 2 rings (SSSR count). The van der Waals surface area contributed by atoms with Crippen LogP contribution < -0.4 is 11.3 Å². The van der Waals surface area contributed by atoms with E-state index in [4.69, 9.17) is 17.4 Å². The number of hydrazine groups is 1. The molecule has 17 heavy (non-hydrogen) atoms. The van der Waals surface area contributed by atoms with Gasteiger partial charge in [-0.2, -0.15) is 0 Å². The predicted molar refractivity (Wildman–Crippen MR) is 69.6 cm³/mol. The van der Waals surface area contributed by atoms with E-state index in [9.17, 15) is 0 Å². The van der Waals surface area contributed by atoms with Crippen LogP contribution in [-0.2, 0) is 0 Å². The molecule has 1 heterocycles. The van der Waals surface area contributed by atoms with Gasteiger partial charge in [0.25, 0.3) is 0 Å². The van der Waals surface area contributed by atoms with Crippen molar-refractivity contribution in [1.29, 1.82) is 0 Å². The molecule has 3 N–H and O–H groups in total. The number of hydrogen-bond donors (Lipinski definition) is 2. The first-order valence-electron chi connectivity index (χ1n) is 5.35. The van der Waals surface area contributed by atoms with Crippen molar-refractivity contribution in [3.05, 3.63) is 64.4 Å². The summed E-state index contributed by atoms with van der Waals surface area (Å²) in [7, 11) is 0. The molecular weight excluding hydrogens is 234 g/mol. The van der Waals surface area contributed by atoms with E-state index in [0.29, 0.717) is 5.02 Å². The van der Waals surface area contributed by atoms with Gasteiger partial charge in [0.2, 0.25) is 0 Å². The first-order valence-corrected chi connectivity index (χ1v) is 5.73. The van der Waals surface area contributed by atoms with Crippen molar-refractivity contribution in [1.82, 2.24) is 10.4 Å². The summed E-state index contributed by atoms with van der Waals surface area (Å²) in [6.45, 7) is 2.05. The Morgan fingerprint density at radius 2 is 2.00 bits per heavy atom. The number of nitrogens with two attached hydrogens (primary N) is 1. The number of benzene rings is 1. The standard InChI is InChI=1S/C13H14ClN3/c1-9-4-2-3-5-10(9)13(17-15)11-6-7-16-8-12(11)14/h2-8,13,17H,15H2,1H3. The lowest BCUT2D eigenvalue weighted by Crippen LogP contribution is -2.29. The molecule has 1 aromatic heterocycles. The molecule has 0 spiro atoms. The highest BCUT2D eigenvalue weighted by Gasteiger charge is 2.16. The Labute approximate surface area is 106 Å². The summed E-state index contributed by atoms with van der Waals surface area (Å²) in [4.78, 5) is 3.98. The fourth-order valence-corrected chi connectivity index (χ4v) is 2.11. The van der Waals surface area contributed by atoms with Crippen LogP contribution in [0.5, 0.6) is 0 Å². The second-order valence-corrected chi connectivity index (χ2v) is 4.26. The van der Waals surface area contributed by atoms with Gasteiger partial charge in [-0.25, -0.2) is 5.43 Å². The zero-order chi connectivity index (χ0) is 12.3. The van der Waals surface area contributed by atoms with E-state index >= 15 is 0 Å². The van der Waals surface area contributed by atoms with E-state index in [1.165, 1.54) is 5.56 Å². The molecule has 0 saturated heterocycles. The maximum Gasteiger partial charge on any atom is 0.0728 e. The molecule has 0 bridgehead atoms. The number of hydrogen-bond acceptors (Lipinski definition) is 3. The van der Waals surface area contributed by atoms with Gasteiger partial charge >= 0.3 is 0 Å². The minimum absolute atomic E-state index is 0.119. The van der Waals surface area contributed by atoms with Gasteiger partial charge in [0.15, 0.2) is 0 Å². The monoisotopic (exact) mass is 247 g/mol. The third-order valence-electron chi connectivity index (χ3n) is 2.78. The van der Waals surface area contributed by atoms with Gasteiger partial charge in [0.05, 0.1) is 11.1 Å². The molecule has 0 amide bonds. The number of nitrogens with zero attached hydrogens (tertiary/aromatic N) is 1. The molecule has 0 fully saturated rings. The van der Waals surface area contributed by atoms with E-state index in [0.717, 1.165) is 11.1 Å². The average Bonchev–Trinajstić information content (AvgIpc) is 2.34. The number of halogens is 1. The van der Waals surface area contributed by atoms with Crippen LogP contribution in [0.1, 0.15) is 22.7 Å². The molecule has 0 aliphatic heterocycles. The van der Waals surface area contributed by atoms with E-state index < -0.39 is 0 Å². The molecule has 0 aliphatic rings. The van der Waals surface area contributed by atoms with Crippen LogP contribution in [-0.4, -0.2) is 4.98 Å². The number of aromatic nitrogens is 1. The Morgan fingerprint density at radius 3 is 2.65 bits per heavy atom. The van der Waals surface area contributed by atoms with Gasteiger partial charge in [-0.05, 0) is 29.7 Å². The molecule has 1 atom stereocenters. The first kappa shape index (κ1) is 12.0. The molecule has 2 aromatic rings. The summed E-state index contributed by atoms with van der Waals surface area (Å²) in [6.07, 6.45) is 3.34. The smallest absolute Gasteiger partial charge is 0.0728 e. The van der Waals surface area contributed by atoms with Gasteiger partial charge in [-0.1, -0.05) is 35.9 Å². The minimum atomic E-state index is -0.119. The third-order valence-corrected chi connectivity index (χ3v) is 3.10. The van der Waals surface area contributed by atoms with Crippen molar-refractivity contribution in [2.24, 2.45) is 5.84 Å². The Hall–Kier alpha value is -1.42. The largest absolute Gasteiger partial charge is 0.271 e. The van der Waals surface area contributed by atoms with Crippen molar-refractivity contribution in [2.45, 2.75) is 13.0 Å². The summed E-state index contributed by atoms with van der Waals surface area (Å²) in [5.41, 5.74) is 6.02. The van der Waals surface area contributed by atoms with Gasteiger partial charge < -0.3 is 0 Å². The lowest BCUT2D eigenvalue weighted by molar-refractivity contribution is 0.633. The topological polar surface area (TPSA) is 50.9 Å². The molecule has 3 nitrogen and oxygen atoms in total. The highest BCUT2D eigenvalue weighted by atomic mass is 35.5. The summed E-state index contributed by atoms with van der Waals surface area (Å²) in [5, 5.41) is 0.610. The first-order chi connectivity index (χ1) is 8.24. The van der Waals surface area contributed by atoms with E-state index in [1.807, 2.05) is 24.3 Å². The van der Waals surface area contributed by atoms with Crippen LogP contribution in [0.3, 0.4) is 0 Å². The number of nitrogens with one attached hydrogen (secondary N) is 1. The van der Waals surface area contributed by atoms with Crippen LogP contribution >= 0.6 is 11.6 Å². The second kappa shape index (κ2) is 5.27. The van der Waals surface area contributed by atoms with Gasteiger partial charge in [-0.15, -0.1) is 0 Å². The Morgan fingerprint density at radius 1 is 1.24 bits per heavy atom. The van der Waals surface area contributed by atoms with E-state index in [-0.39, 0.29) is 6.04 Å². The lowest BCUT2D eigenvalue weighted by Gasteiger charge is -2.19. The van der Waals surface area contributed by atoms with Crippen molar-refractivity contribution in [3.63, 3.8) is 0 Å². The Kier molecular flexibility index (Phi) is 3.74. The number of rotatable bonds is 3. The van der Waals surface area contributed by atoms with E-state index in [2.05, 4.69) is 23.4 Å². The van der Waals surface area contributed by atoms with Crippen LogP contribution in [0.15, 0.2) is 42.7 Å². The fraction of sp³-hybridized carbons (Fsp3) is 0.154. The zero-order valence-electron chi connectivity index (χ0n) is 9.52. The molecule has 0 aliphatic carbocycles. The van der Waals surface area contributed by atoms with Crippen LogP contribution in [0.25, 0.3) is 0 Å². The van der Waals surface area contributed by atoms with Gasteiger partial charge in [0.1, 0.15) is 0 Å². The maximum atomic E-state index is 6.14. The number of pyridine rings is 1. The number of aryl methyl sites for hydroxylation is 1. The molecule has 0 saturated carbocycles. The lowest BCUT2D eigenvalue weighted by atomic mass is 9.96. The molecule has 1 unspecified atom stereocenters. The van der Waals surface area contributed by atoms with Crippen molar-refractivity contribution >= 4 is 11.6 Å². The zero-order valence-corrected chi connectivity index (χ0v) is 10.3. The van der Waals surface area contributed by atoms with E-state index in [1.54, 1.807) is 12.4 Å². The van der Waals surface area contributed by atoms with Crippen LogP contribution in [0, 0.1) is 6.92 Å². The van der Waals surface area contributed by atoms with Crippen molar-refractivity contribution < 1.29 is 0 Å². The predicted octanol–water partition coefficient (Wildman–Crippen LogP) is 2.60. The van der Waals surface area contributed by atoms with Crippen molar-refractivity contribution in [3.8, 4) is 0 Å². The molecular formula is C13H14ClN3. The molecule has 1 aromatic carbocycles. The summed E-state index contributed by atoms with van der Waals surface area (Å²) >= 11 is 6.14. The molecule has 0 radical (unpaired) electrons. The summed E-state index contributed by atoms with van der Waals surface area (Å²) in [6, 6.07) is 9.83. The average molecular weight is 248 g/mol. The van der Waals surface area contributed by atoms with Crippen LogP contribution in [0.4, 0.5) is 0 Å². The highest BCUT2D eigenvalue weighted by molar-refractivity contribution is 6.31. The molecule has 4 heteroatoms. The second-order valence-electron chi connectivity index (χ2n) is 3.85.